The number of rotatable bonds is 6. The van der Waals surface area contributed by atoms with Gasteiger partial charge in [0.2, 0.25) is 10.0 Å². The molecule has 156 valence electrons. The number of ether oxygens (including phenoxy) is 2. The predicted octanol–water partition coefficient (Wildman–Crippen LogP) is 3.75. The first kappa shape index (κ1) is 21.1. The summed E-state index contributed by atoms with van der Waals surface area (Å²) in [6.45, 7) is 3.68. The molecule has 29 heavy (non-hydrogen) atoms. The van der Waals surface area contributed by atoms with Crippen molar-refractivity contribution >= 4 is 15.7 Å². The lowest BCUT2D eigenvalue weighted by molar-refractivity contribution is -0.385. The van der Waals surface area contributed by atoms with Gasteiger partial charge in [-0.05, 0) is 43.9 Å². The van der Waals surface area contributed by atoms with Gasteiger partial charge in [0.15, 0.2) is 0 Å². The van der Waals surface area contributed by atoms with Gasteiger partial charge in [0.25, 0.3) is 5.69 Å². The van der Waals surface area contributed by atoms with Crippen LogP contribution in [0.1, 0.15) is 35.6 Å². The summed E-state index contributed by atoms with van der Waals surface area (Å²) >= 11 is 0. The Hall–Kier alpha value is -2.65. The Morgan fingerprint density at radius 2 is 1.86 bits per heavy atom. The summed E-state index contributed by atoms with van der Waals surface area (Å²) in [6.07, 6.45) is 1.32. The van der Waals surface area contributed by atoms with E-state index in [1.807, 2.05) is 6.07 Å². The molecule has 1 atom stereocenters. The number of sulfonamides is 1. The standard InChI is InChI=1S/C20H24N2O6S/c1-13-10-15(22(23)24)11-20(14(13)2)29(25,26)21-9-5-6-18(21)17-8-7-16(27-3)12-19(17)28-4/h7-8,10-12,18H,5-6,9H2,1-4H3. The van der Waals surface area contributed by atoms with Gasteiger partial charge in [0.1, 0.15) is 11.5 Å². The first-order chi connectivity index (χ1) is 13.7. The van der Waals surface area contributed by atoms with Gasteiger partial charge >= 0.3 is 0 Å². The Morgan fingerprint density at radius 3 is 2.48 bits per heavy atom. The third kappa shape index (κ3) is 3.79. The summed E-state index contributed by atoms with van der Waals surface area (Å²) < 4.78 is 39.2. The molecule has 1 heterocycles. The lowest BCUT2D eigenvalue weighted by Crippen LogP contribution is -2.31. The zero-order valence-corrected chi connectivity index (χ0v) is 17.7. The van der Waals surface area contributed by atoms with Crippen molar-refractivity contribution in [3.8, 4) is 11.5 Å². The van der Waals surface area contributed by atoms with Crippen LogP contribution in [0.3, 0.4) is 0 Å². The van der Waals surface area contributed by atoms with Crippen LogP contribution >= 0.6 is 0 Å². The van der Waals surface area contributed by atoms with E-state index in [-0.39, 0.29) is 10.6 Å². The monoisotopic (exact) mass is 420 g/mol. The molecule has 0 bridgehead atoms. The molecule has 8 nitrogen and oxygen atoms in total. The number of nitro benzene ring substituents is 1. The molecule has 0 saturated carbocycles. The molecule has 3 rings (SSSR count). The quantitative estimate of drug-likeness (QED) is 0.521. The van der Waals surface area contributed by atoms with Crippen LogP contribution in [0, 0.1) is 24.0 Å². The second-order valence-electron chi connectivity index (χ2n) is 7.02. The van der Waals surface area contributed by atoms with Crippen LogP contribution in [0.4, 0.5) is 5.69 Å². The van der Waals surface area contributed by atoms with Gasteiger partial charge in [-0.15, -0.1) is 0 Å². The number of hydrogen-bond acceptors (Lipinski definition) is 6. The van der Waals surface area contributed by atoms with E-state index in [4.69, 9.17) is 9.47 Å². The lowest BCUT2D eigenvalue weighted by Gasteiger charge is -2.26. The topological polar surface area (TPSA) is 99.0 Å². The Labute approximate surface area is 170 Å². The molecule has 0 aromatic heterocycles. The number of methoxy groups -OCH3 is 2. The van der Waals surface area contributed by atoms with Crippen molar-refractivity contribution in [1.82, 2.24) is 4.31 Å². The number of benzene rings is 2. The van der Waals surface area contributed by atoms with Crippen LogP contribution in [0.25, 0.3) is 0 Å². The Kier molecular flexibility index (Phi) is 5.81. The van der Waals surface area contributed by atoms with Gasteiger partial charge in [0, 0.05) is 30.3 Å². The molecule has 2 aromatic carbocycles. The van der Waals surface area contributed by atoms with Gasteiger partial charge in [-0.25, -0.2) is 8.42 Å². The summed E-state index contributed by atoms with van der Waals surface area (Å²) in [5.41, 5.74) is 1.59. The summed E-state index contributed by atoms with van der Waals surface area (Å²) in [7, 11) is -0.866. The van der Waals surface area contributed by atoms with Crippen LogP contribution in [-0.2, 0) is 10.0 Å². The zero-order chi connectivity index (χ0) is 21.3. The molecule has 1 unspecified atom stereocenters. The largest absolute Gasteiger partial charge is 0.497 e. The zero-order valence-electron chi connectivity index (χ0n) is 16.8. The summed E-state index contributed by atoms with van der Waals surface area (Å²) in [5.74, 6) is 1.16. The fourth-order valence-electron chi connectivity index (χ4n) is 3.74. The van der Waals surface area contributed by atoms with E-state index in [0.29, 0.717) is 42.0 Å². The predicted molar refractivity (Wildman–Crippen MR) is 108 cm³/mol. The summed E-state index contributed by atoms with van der Waals surface area (Å²) in [4.78, 5) is 10.7. The summed E-state index contributed by atoms with van der Waals surface area (Å²) in [5, 5.41) is 11.3. The number of hydrogen-bond donors (Lipinski definition) is 0. The molecule has 1 aliphatic rings. The summed E-state index contributed by atoms with van der Waals surface area (Å²) in [6, 6.07) is 7.42. The number of non-ortho nitro benzene ring substituents is 1. The van der Waals surface area contributed by atoms with E-state index in [1.54, 1.807) is 33.1 Å². The maximum Gasteiger partial charge on any atom is 0.271 e. The second-order valence-corrected chi connectivity index (χ2v) is 8.88. The maximum absolute atomic E-state index is 13.5. The molecule has 0 N–H and O–H groups in total. The first-order valence-electron chi connectivity index (χ1n) is 9.20. The van der Waals surface area contributed by atoms with E-state index in [2.05, 4.69) is 0 Å². The molecular weight excluding hydrogens is 396 g/mol. The molecule has 9 heteroatoms. The molecule has 0 radical (unpaired) electrons. The molecule has 1 fully saturated rings. The highest BCUT2D eigenvalue weighted by atomic mass is 32.2. The normalized spacial score (nSPS) is 17.3. The van der Waals surface area contributed by atoms with Gasteiger partial charge in [-0.1, -0.05) is 6.07 Å². The highest BCUT2D eigenvalue weighted by molar-refractivity contribution is 7.89. The van der Waals surface area contributed by atoms with E-state index < -0.39 is 21.0 Å². The average Bonchev–Trinajstić information content (AvgIpc) is 3.19. The third-order valence-corrected chi connectivity index (χ3v) is 7.44. The minimum atomic E-state index is -3.94. The van der Waals surface area contributed by atoms with Gasteiger partial charge in [0.05, 0.1) is 30.1 Å². The molecule has 0 spiro atoms. The van der Waals surface area contributed by atoms with Crippen molar-refractivity contribution in [3.63, 3.8) is 0 Å². The van der Waals surface area contributed by atoms with Gasteiger partial charge in [-0.2, -0.15) is 4.31 Å². The van der Waals surface area contributed by atoms with E-state index >= 15 is 0 Å². The number of aryl methyl sites for hydroxylation is 1. The Bertz CT molecular complexity index is 1050. The van der Waals surface area contributed by atoms with Crippen molar-refractivity contribution < 1.29 is 22.8 Å². The van der Waals surface area contributed by atoms with E-state index in [1.165, 1.54) is 17.5 Å². The molecule has 1 aliphatic heterocycles. The third-order valence-electron chi connectivity index (χ3n) is 5.41. The van der Waals surface area contributed by atoms with Crippen molar-refractivity contribution in [2.24, 2.45) is 0 Å². The second kappa shape index (κ2) is 8.00. The minimum Gasteiger partial charge on any atom is -0.497 e. The highest BCUT2D eigenvalue weighted by Crippen LogP contribution is 2.42. The fourth-order valence-corrected chi connectivity index (χ4v) is 5.73. The smallest absolute Gasteiger partial charge is 0.271 e. The number of nitrogens with zero attached hydrogens (tertiary/aromatic N) is 2. The Morgan fingerprint density at radius 1 is 1.14 bits per heavy atom. The van der Waals surface area contributed by atoms with Crippen LogP contribution in [0.2, 0.25) is 0 Å². The van der Waals surface area contributed by atoms with Crippen molar-refractivity contribution in [1.29, 1.82) is 0 Å². The first-order valence-corrected chi connectivity index (χ1v) is 10.6. The Balaban J connectivity index is 2.09. The number of nitro groups is 1. The highest BCUT2D eigenvalue weighted by Gasteiger charge is 2.39. The van der Waals surface area contributed by atoms with Gasteiger partial charge in [-0.3, -0.25) is 10.1 Å². The van der Waals surface area contributed by atoms with Crippen molar-refractivity contribution in [3.05, 3.63) is 57.1 Å². The van der Waals surface area contributed by atoms with Crippen molar-refractivity contribution in [2.45, 2.75) is 37.6 Å². The van der Waals surface area contributed by atoms with Crippen molar-refractivity contribution in [2.75, 3.05) is 20.8 Å². The van der Waals surface area contributed by atoms with E-state index in [9.17, 15) is 18.5 Å². The van der Waals surface area contributed by atoms with Crippen LogP contribution in [-0.4, -0.2) is 38.4 Å². The minimum absolute atomic E-state index is 0.0245. The lowest BCUT2D eigenvalue weighted by atomic mass is 10.0. The molecule has 0 amide bonds. The van der Waals surface area contributed by atoms with Crippen LogP contribution in [0.5, 0.6) is 11.5 Å². The van der Waals surface area contributed by atoms with E-state index in [0.717, 1.165) is 11.6 Å². The maximum atomic E-state index is 13.5. The molecule has 1 saturated heterocycles. The van der Waals surface area contributed by atoms with Crippen LogP contribution < -0.4 is 9.47 Å². The SMILES string of the molecule is COc1ccc(C2CCCN2S(=O)(=O)c2cc([N+](=O)[O-])cc(C)c2C)c(OC)c1. The molecular formula is C20H24N2O6S. The van der Waals surface area contributed by atoms with Gasteiger partial charge < -0.3 is 9.47 Å². The van der Waals surface area contributed by atoms with Crippen LogP contribution in [0.15, 0.2) is 35.2 Å². The average molecular weight is 420 g/mol. The molecule has 2 aromatic rings. The fraction of sp³-hybridized carbons (Fsp3) is 0.400. The molecule has 0 aliphatic carbocycles.